The van der Waals surface area contributed by atoms with Crippen molar-refractivity contribution in [2.45, 2.75) is 53.4 Å². The lowest BCUT2D eigenvalue weighted by molar-refractivity contribution is 0.180. The molecule has 0 aliphatic heterocycles. The number of aromatic nitrogens is 2. The third-order valence-electron chi connectivity index (χ3n) is 5.27. The minimum atomic E-state index is 0.420. The summed E-state index contributed by atoms with van der Waals surface area (Å²) in [6.45, 7) is 9.25. The summed E-state index contributed by atoms with van der Waals surface area (Å²) in [6.07, 6.45) is 7.00. The molecule has 108 valence electrons. The number of rotatable bonds is 2. The molecule has 1 aliphatic rings. The van der Waals surface area contributed by atoms with Gasteiger partial charge in [-0.2, -0.15) is 0 Å². The molecule has 2 aromatic heterocycles. The molecule has 0 bridgehead atoms. The Bertz CT molecular complexity index is 655. The van der Waals surface area contributed by atoms with E-state index in [1.54, 1.807) is 0 Å². The zero-order valence-electron chi connectivity index (χ0n) is 12.8. The average molecular weight is 335 g/mol. The Morgan fingerprint density at radius 2 is 2.20 bits per heavy atom. The van der Waals surface area contributed by atoms with Gasteiger partial charge < -0.3 is 4.40 Å². The van der Waals surface area contributed by atoms with Gasteiger partial charge in [-0.25, -0.2) is 4.98 Å². The number of nitrogens with zero attached hydrogens (tertiary/aromatic N) is 2. The van der Waals surface area contributed by atoms with Crippen LogP contribution in [0.25, 0.3) is 5.65 Å². The second-order valence-corrected chi connectivity index (χ2v) is 7.67. The van der Waals surface area contributed by atoms with Crippen LogP contribution in [-0.4, -0.2) is 9.38 Å². The molecule has 2 nitrogen and oxygen atoms in total. The maximum absolute atomic E-state index is 4.84. The summed E-state index contributed by atoms with van der Waals surface area (Å²) < 4.78 is 3.46. The van der Waals surface area contributed by atoms with Crippen molar-refractivity contribution in [3.8, 4) is 0 Å². The lowest BCUT2D eigenvalue weighted by atomic mass is 9.70. The van der Waals surface area contributed by atoms with Gasteiger partial charge in [0.15, 0.2) is 0 Å². The van der Waals surface area contributed by atoms with Crippen LogP contribution in [0.15, 0.2) is 16.7 Å². The molecular formula is C17H23BrN2. The van der Waals surface area contributed by atoms with Gasteiger partial charge in [0.05, 0.1) is 5.69 Å². The zero-order chi connectivity index (χ0) is 14.5. The summed E-state index contributed by atoms with van der Waals surface area (Å²) in [7, 11) is 0. The minimum absolute atomic E-state index is 0.420. The molecular weight excluding hydrogens is 312 g/mol. The van der Waals surface area contributed by atoms with Crippen molar-refractivity contribution in [3.05, 3.63) is 33.7 Å². The van der Waals surface area contributed by atoms with Crippen LogP contribution in [0, 0.1) is 18.3 Å². The van der Waals surface area contributed by atoms with Crippen LogP contribution >= 0.6 is 15.9 Å². The average Bonchev–Trinajstić information content (AvgIpc) is 2.76. The molecule has 0 saturated heterocycles. The number of halogens is 1. The van der Waals surface area contributed by atoms with E-state index in [4.69, 9.17) is 4.98 Å². The Kier molecular flexibility index (Phi) is 3.44. The van der Waals surface area contributed by atoms with Crippen LogP contribution in [0.3, 0.4) is 0 Å². The predicted molar refractivity (Wildman–Crippen MR) is 87.2 cm³/mol. The fourth-order valence-electron chi connectivity index (χ4n) is 3.28. The van der Waals surface area contributed by atoms with E-state index >= 15 is 0 Å². The number of aryl methyl sites for hydroxylation is 2. The van der Waals surface area contributed by atoms with E-state index in [1.807, 2.05) is 0 Å². The Hall–Kier alpha value is -0.830. The summed E-state index contributed by atoms with van der Waals surface area (Å²) in [4.78, 5) is 4.84. The molecule has 3 heteroatoms. The van der Waals surface area contributed by atoms with Gasteiger partial charge in [0, 0.05) is 16.4 Å². The van der Waals surface area contributed by atoms with Crippen LogP contribution < -0.4 is 0 Å². The molecule has 0 amide bonds. The van der Waals surface area contributed by atoms with Crippen molar-refractivity contribution in [2.24, 2.45) is 11.3 Å². The Balaban J connectivity index is 2.06. The lowest BCUT2D eigenvalue weighted by Gasteiger charge is -2.36. The van der Waals surface area contributed by atoms with Gasteiger partial charge >= 0.3 is 0 Å². The van der Waals surface area contributed by atoms with Crippen LogP contribution in [0.5, 0.6) is 0 Å². The van der Waals surface area contributed by atoms with Crippen molar-refractivity contribution < 1.29 is 0 Å². The highest BCUT2D eigenvalue weighted by molar-refractivity contribution is 9.10. The van der Waals surface area contributed by atoms with Gasteiger partial charge in [0.1, 0.15) is 5.65 Å². The molecule has 1 atom stereocenters. The number of pyridine rings is 1. The van der Waals surface area contributed by atoms with E-state index in [0.29, 0.717) is 5.41 Å². The van der Waals surface area contributed by atoms with E-state index < -0.39 is 0 Å². The zero-order valence-corrected chi connectivity index (χ0v) is 14.4. The normalized spacial score (nSPS) is 19.4. The summed E-state index contributed by atoms with van der Waals surface area (Å²) >= 11 is 3.65. The third kappa shape index (κ3) is 2.20. The third-order valence-corrected chi connectivity index (χ3v) is 6.10. The first-order valence-corrected chi connectivity index (χ1v) is 8.37. The first-order chi connectivity index (χ1) is 9.42. The highest BCUT2D eigenvalue weighted by Crippen LogP contribution is 2.40. The number of fused-ring (bicyclic) bond motifs is 3. The maximum atomic E-state index is 4.84. The van der Waals surface area contributed by atoms with Gasteiger partial charge in [-0.1, -0.05) is 27.2 Å². The standard InChI is InChI=1S/C17H23BrN2/c1-5-17(3,4)12-6-7-14-15(9-12)20-10-13(18)11(2)8-16(20)19-14/h8,10,12H,5-7,9H2,1-4H3. The molecule has 0 saturated carbocycles. The molecule has 0 radical (unpaired) electrons. The highest BCUT2D eigenvalue weighted by Gasteiger charge is 2.33. The Morgan fingerprint density at radius 1 is 1.45 bits per heavy atom. The van der Waals surface area contributed by atoms with Gasteiger partial charge in [-0.05, 0) is 65.1 Å². The molecule has 1 unspecified atom stereocenters. The smallest absolute Gasteiger partial charge is 0.137 e. The molecule has 1 aliphatic carbocycles. The van der Waals surface area contributed by atoms with E-state index in [0.717, 1.165) is 24.4 Å². The van der Waals surface area contributed by atoms with E-state index in [2.05, 4.69) is 60.3 Å². The van der Waals surface area contributed by atoms with Crippen LogP contribution in [0.2, 0.25) is 0 Å². The molecule has 0 fully saturated rings. The minimum Gasteiger partial charge on any atom is -0.303 e. The summed E-state index contributed by atoms with van der Waals surface area (Å²) in [5, 5.41) is 0. The summed E-state index contributed by atoms with van der Waals surface area (Å²) in [5.74, 6) is 0.764. The monoisotopic (exact) mass is 334 g/mol. The Morgan fingerprint density at radius 3 is 2.90 bits per heavy atom. The lowest BCUT2D eigenvalue weighted by Crippen LogP contribution is -2.29. The first kappa shape index (κ1) is 14.1. The van der Waals surface area contributed by atoms with Crippen molar-refractivity contribution in [1.29, 1.82) is 0 Å². The molecule has 0 spiro atoms. The molecule has 20 heavy (non-hydrogen) atoms. The maximum Gasteiger partial charge on any atom is 0.137 e. The van der Waals surface area contributed by atoms with E-state index in [9.17, 15) is 0 Å². The largest absolute Gasteiger partial charge is 0.303 e. The number of hydrogen-bond donors (Lipinski definition) is 0. The van der Waals surface area contributed by atoms with Gasteiger partial charge in [0.2, 0.25) is 0 Å². The van der Waals surface area contributed by atoms with Crippen LogP contribution in [0.1, 0.15) is 50.6 Å². The fourth-order valence-corrected chi connectivity index (χ4v) is 3.60. The SMILES string of the molecule is CCC(C)(C)C1CCc2nc3cc(C)c(Br)cn3c2C1. The highest BCUT2D eigenvalue weighted by atomic mass is 79.9. The molecule has 2 aromatic rings. The van der Waals surface area contributed by atoms with Crippen molar-refractivity contribution in [1.82, 2.24) is 9.38 Å². The fraction of sp³-hybridized carbons (Fsp3) is 0.588. The van der Waals surface area contributed by atoms with Crippen LogP contribution in [-0.2, 0) is 12.8 Å². The molecule has 0 N–H and O–H groups in total. The van der Waals surface area contributed by atoms with Crippen molar-refractivity contribution >= 4 is 21.6 Å². The summed E-state index contributed by atoms with van der Waals surface area (Å²) in [5.41, 5.74) is 5.52. The van der Waals surface area contributed by atoms with Gasteiger partial charge in [0.25, 0.3) is 0 Å². The van der Waals surface area contributed by atoms with Crippen LogP contribution in [0.4, 0.5) is 0 Å². The van der Waals surface area contributed by atoms with E-state index in [-0.39, 0.29) is 0 Å². The topological polar surface area (TPSA) is 17.3 Å². The first-order valence-electron chi connectivity index (χ1n) is 7.58. The number of imidazole rings is 1. The molecule has 2 heterocycles. The van der Waals surface area contributed by atoms with E-state index in [1.165, 1.54) is 34.3 Å². The summed E-state index contributed by atoms with van der Waals surface area (Å²) in [6, 6.07) is 2.18. The number of hydrogen-bond acceptors (Lipinski definition) is 1. The molecule has 0 aromatic carbocycles. The second kappa shape index (κ2) is 4.87. The van der Waals surface area contributed by atoms with Gasteiger partial charge in [-0.3, -0.25) is 0 Å². The predicted octanol–water partition coefficient (Wildman–Crippen LogP) is 4.95. The van der Waals surface area contributed by atoms with Crippen molar-refractivity contribution in [3.63, 3.8) is 0 Å². The van der Waals surface area contributed by atoms with Gasteiger partial charge in [-0.15, -0.1) is 0 Å². The second-order valence-electron chi connectivity index (χ2n) is 6.82. The Labute approximate surface area is 129 Å². The van der Waals surface area contributed by atoms with Crippen molar-refractivity contribution in [2.75, 3.05) is 0 Å². The molecule has 3 rings (SSSR count). The quantitative estimate of drug-likeness (QED) is 0.759.